The third-order valence-electron chi connectivity index (χ3n) is 2.97. The van der Waals surface area contributed by atoms with Crippen molar-refractivity contribution in [3.63, 3.8) is 0 Å². The summed E-state index contributed by atoms with van der Waals surface area (Å²) in [6.07, 6.45) is 0.362. The van der Waals surface area contributed by atoms with E-state index < -0.39 is 0 Å². The van der Waals surface area contributed by atoms with Crippen LogP contribution in [-0.2, 0) is 6.42 Å². The molecule has 0 aliphatic rings. The van der Waals surface area contributed by atoms with Crippen LogP contribution in [-0.4, -0.2) is 12.9 Å². The molecule has 0 bridgehead atoms. The molecule has 0 fully saturated rings. The molecule has 0 saturated carbocycles. The summed E-state index contributed by atoms with van der Waals surface area (Å²) in [5.41, 5.74) is 2.69. The van der Waals surface area contributed by atoms with Gasteiger partial charge in [-0.25, -0.2) is 0 Å². The first-order chi connectivity index (χ1) is 9.11. The van der Waals surface area contributed by atoms with Crippen LogP contribution in [0.25, 0.3) is 0 Å². The molecule has 98 valence electrons. The third-order valence-corrected chi connectivity index (χ3v) is 3.74. The van der Waals surface area contributed by atoms with Crippen molar-refractivity contribution in [2.45, 2.75) is 13.3 Å². The summed E-state index contributed by atoms with van der Waals surface area (Å²) < 4.78 is 6.24. The fourth-order valence-electron chi connectivity index (χ4n) is 1.94. The Kier molecular flexibility index (Phi) is 4.38. The van der Waals surface area contributed by atoms with Gasteiger partial charge in [0.05, 0.1) is 12.7 Å². The molecule has 2 aromatic carbocycles. The Labute approximate surface area is 121 Å². The number of hydrogen-bond donors (Lipinski definition) is 0. The molecule has 0 spiro atoms. The Morgan fingerprint density at radius 2 is 1.95 bits per heavy atom. The highest BCUT2D eigenvalue weighted by molar-refractivity contribution is 9.10. The fourth-order valence-corrected chi connectivity index (χ4v) is 2.36. The largest absolute Gasteiger partial charge is 0.496 e. The summed E-state index contributed by atoms with van der Waals surface area (Å²) in [6.45, 7) is 1.98. The van der Waals surface area contributed by atoms with Gasteiger partial charge in [-0.05, 0) is 36.2 Å². The lowest BCUT2D eigenvalue weighted by atomic mass is 10.0. The van der Waals surface area contributed by atoms with Crippen molar-refractivity contribution in [3.05, 3.63) is 63.6 Å². The van der Waals surface area contributed by atoms with Crippen molar-refractivity contribution >= 4 is 21.7 Å². The molecule has 0 saturated heterocycles. The lowest BCUT2D eigenvalue weighted by Crippen LogP contribution is -2.06. The highest BCUT2D eigenvalue weighted by Gasteiger charge is 2.14. The van der Waals surface area contributed by atoms with Gasteiger partial charge in [0.2, 0.25) is 0 Å². The van der Waals surface area contributed by atoms with Gasteiger partial charge in [0.15, 0.2) is 5.78 Å². The minimum absolute atomic E-state index is 0.0590. The van der Waals surface area contributed by atoms with Gasteiger partial charge in [0.25, 0.3) is 0 Å². The molecule has 0 N–H and O–H groups in total. The SMILES string of the molecule is COc1cc(C)ccc1C(=O)Cc1ccccc1Br. The first kappa shape index (κ1) is 13.8. The predicted octanol–water partition coefficient (Wildman–Crippen LogP) is 4.19. The van der Waals surface area contributed by atoms with Crippen LogP contribution >= 0.6 is 15.9 Å². The maximum atomic E-state index is 12.4. The number of methoxy groups -OCH3 is 1. The second-order valence-electron chi connectivity index (χ2n) is 4.40. The molecule has 19 heavy (non-hydrogen) atoms. The van der Waals surface area contributed by atoms with E-state index in [4.69, 9.17) is 4.74 Å². The Balaban J connectivity index is 2.28. The number of hydrogen-bond acceptors (Lipinski definition) is 2. The number of benzene rings is 2. The first-order valence-corrected chi connectivity index (χ1v) is 6.82. The number of carbonyl (C=O) groups excluding carboxylic acids is 1. The van der Waals surface area contributed by atoms with E-state index in [2.05, 4.69) is 15.9 Å². The van der Waals surface area contributed by atoms with Gasteiger partial charge in [-0.15, -0.1) is 0 Å². The number of aryl methyl sites for hydroxylation is 1. The number of rotatable bonds is 4. The third kappa shape index (κ3) is 3.24. The summed E-state index contributed by atoms with van der Waals surface area (Å²) >= 11 is 3.46. The van der Waals surface area contributed by atoms with E-state index in [9.17, 15) is 4.79 Å². The van der Waals surface area contributed by atoms with E-state index in [-0.39, 0.29) is 5.78 Å². The van der Waals surface area contributed by atoms with E-state index in [1.165, 1.54) is 0 Å². The van der Waals surface area contributed by atoms with Crippen LogP contribution in [0.2, 0.25) is 0 Å². The highest BCUT2D eigenvalue weighted by atomic mass is 79.9. The zero-order chi connectivity index (χ0) is 13.8. The molecule has 2 aromatic rings. The van der Waals surface area contributed by atoms with Crippen LogP contribution in [0.15, 0.2) is 46.9 Å². The first-order valence-electron chi connectivity index (χ1n) is 6.03. The number of ketones is 1. The van der Waals surface area contributed by atoms with Gasteiger partial charge in [0.1, 0.15) is 5.75 Å². The lowest BCUT2D eigenvalue weighted by Gasteiger charge is -2.09. The Morgan fingerprint density at radius 1 is 1.21 bits per heavy atom. The van der Waals surface area contributed by atoms with Gasteiger partial charge < -0.3 is 4.74 Å². The number of ether oxygens (including phenoxy) is 1. The zero-order valence-corrected chi connectivity index (χ0v) is 12.5. The number of Topliss-reactive ketones (excluding diaryl/α,β-unsaturated/α-hetero) is 1. The standard InChI is InChI=1S/C16H15BrO2/c1-11-7-8-13(16(9-11)19-2)15(18)10-12-5-3-4-6-14(12)17/h3-9H,10H2,1-2H3. The normalized spacial score (nSPS) is 10.3. The molecule has 0 aliphatic heterocycles. The summed E-state index contributed by atoms with van der Waals surface area (Å²) in [7, 11) is 1.59. The highest BCUT2D eigenvalue weighted by Crippen LogP contribution is 2.23. The molecule has 2 rings (SSSR count). The van der Waals surface area contributed by atoms with E-state index in [1.54, 1.807) is 7.11 Å². The van der Waals surface area contributed by atoms with E-state index in [1.807, 2.05) is 49.4 Å². The van der Waals surface area contributed by atoms with Crippen LogP contribution in [0.3, 0.4) is 0 Å². The Hall–Kier alpha value is -1.61. The van der Waals surface area contributed by atoms with Crippen LogP contribution in [0.1, 0.15) is 21.5 Å². The second-order valence-corrected chi connectivity index (χ2v) is 5.25. The molecular weight excluding hydrogens is 304 g/mol. The Morgan fingerprint density at radius 3 is 2.63 bits per heavy atom. The van der Waals surface area contributed by atoms with Crippen LogP contribution in [0.5, 0.6) is 5.75 Å². The van der Waals surface area contributed by atoms with Crippen molar-refractivity contribution in [2.24, 2.45) is 0 Å². The lowest BCUT2D eigenvalue weighted by molar-refractivity contribution is 0.0990. The van der Waals surface area contributed by atoms with Crippen LogP contribution in [0, 0.1) is 6.92 Å². The fraction of sp³-hybridized carbons (Fsp3) is 0.188. The van der Waals surface area contributed by atoms with Gasteiger partial charge in [-0.1, -0.05) is 40.2 Å². The maximum absolute atomic E-state index is 12.4. The van der Waals surface area contributed by atoms with E-state index >= 15 is 0 Å². The molecule has 0 unspecified atom stereocenters. The molecule has 0 aromatic heterocycles. The van der Waals surface area contributed by atoms with Crippen molar-refractivity contribution in [1.29, 1.82) is 0 Å². The average Bonchev–Trinajstić information content (AvgIpc) is 2.41. The van der Waals surface area contributed by atoms with Crippen LogP contribution in [0.4, 0.5) is 0 Å². The number of carbonyl (C=O) groups is 1. The molecule has 0 heterocycles. The van der Waals surface area contributed by atoms with Crippen molar-refractivity contribution in [1.82, 2.24) is 0 Å². The molecule has 2 nitrogen and oxygen atoms in total. The summed E-state index contributed by atoms with van der Waals surface area (Å²) in [4.78, 5) is 12.4. The molecular formula is C16H15BrO2. The average molecular weight is 319 g/mol. The quantitative estimate of drug-likeness (QED) is 0.790. The predicted molar refractivity (Wildman–Crippen MR) is 79.9 cm³/mol. The minimum Gasteiger partial charge on any atom is -0.496 e. The van der Waals surface area contributed by atoms with Gasteiger partial charge >= 0.3 is 0 Å². The van der Waals surface area contributed by atoms with Gasteiger partial charge in [0, 0.05) is 10.9 Å². The van der Waals surface area contributed by atoms with Crippen molar-refractivity contribution < 1.29 is 9.53 Å². The van der Waals surface area contributed by atoms with Crippen molar-refractivity contribution in [2.75, 3.05) is 7.11 Å². The van der Waals surface area contributed by atoms with Gasteiger partial charge in [-0.2, -0.15) is 0 Å². The summed E-state index contributed by atoms with van der Waals surface area (Å²) in [5.74, 6) is 0.695. The smallest absolute Gasteiger partial charge is 0.170 e. The molecule has 0 atom stereocenters. The Bertz CT molecular complexity index is 605. The van der Waals surface area contributed by atoms with Gasteiger partial charge in [-0.3, -0.25) is 4.79 Å². The minimum atomic E-state index is 0.0590. The molecule has 0 aliphatic carbocycles. The topological polar surface area (TPSA) is 26.3 Å². The summed E-state index contributed by atoms with van der Waals surface area (Å²) in [6, 6.07) is 13.4. The second kappa shape index (κ2) is 6.02. The summed E-state index contributed by atoms with van der Waals surface area (Å²) in [5, 5.41) is 0. The molecule has 0 amide bonds. The number of halogens is 1. The maximum Gasteiger partial charge on any atom is 0.170 e. The monoisotopic (exact) mass is 318 g/mol. The van der Waals surface area contributed by atoms with E-state index in [0.29, 0.717) is 17.7 Å². The molecule has 0 radical (unpaired) electrons. The zero-order valence-electron chi connectivity index (χ0n) is 10.9. The molecule has 3 heteroatoms. The van der Waals surface area contributed by atoms with Crippen molar-refractivity contribution in [3.8, 4) is 5.75 Å². The van der Waals surface area contributed by atoms with E-state index in [0.717, 1.165) is 15.6 Å². The van der Waals surface area contributed by atoms with Crippen LogP contribution < -0.4 is 4.74 Å².